The van der Waals surface area contributed by atoms with Crippen LogP contribution in [0.1, 0.15) is 52.9 Å². The van der Waals surface area contributed by atoms with E-state index >= 15 is 0 Å². The number of ether oxygens (including phenoxy) is 1. The highest BCUT2D eigenvalue weighted by atomic mass is 16.5. The number of rotatable bonds is 11. The Hall–Kier alpha value is -1.71. The van der Waals surface area contributed by atoms with Crippen LogP contribution in [-0.2, 0) is 4.79 Å². The summed E-state index contributed by atoms with van der Waals surface area (Å²) in [5.74, 6) is 0.865. The number of benzene rings is 1. The first-order valence-corrected chi connectivity index (χ1v) is 8.41. The molecule has 0 radical (unpaired) electrons. The molecule has 0 bridgehead atoms. The molecule has 0 aliphatic heterocycles. The van der Waals surface area contributed by atoms with Crippen LogP contribution < -0.4 is 15.4 Å². The lowest BCUT2D eigenvalue weighted by atomic mass is 10.2. The molecule has 124 valence electrons. The number of amides is 1. The van der Waals surface area contributed by atoms with E-state index in [4.69, 9.17) is 4.74 Å². The molecule has 1 atom stereocenters. The molecule has 2 N–H and O–H groups in total. The zero-order valence-corrected chi connectivity index (χ0v) is 14.2. The van der Waals surface area contributed by atoms with E-state index in [0.29, 0.717) is 0 Å². The van der Waals surface area contributed by atoms with Crippen molar-refractivity contribution in [3.63, 3.8) is 0 Å². The third kappa shape index (κ3) is 7.91. The minimum absolute atomic E-state index is 0.0141. The molecular weight excluding hydrogens is 276 g/mol. The van der Waals surface area contributed by atoms with Crippen LogP contribution in [0.4, 0.5) is 5.69 Å². The number of carbonyl (C=O) groups is 1. The molecule has 1 rings (SSSR count). The lowest BCUT2D eigenvalue weighted by molar-refractivity contribution is -0.120. The second kappa shape index (κ2) is 10.9. The largest absolute Gasteiger partial charge is 0.494 e. The summed E-state index contributed by atoms with van der Waals surface area (Å²) in [6.07, 6.45) is 5.73. The molecule has 0 saturated carbocycles. The van der Waals surface area contributed by atoms with E-state index in [0.717, 1.165) is 30.9 Å². The van der Waals surface area contributed by atoms with Gasteiger partial charge in [0.15, 0.2) is 0 Å². The smallest absolute Gasteiger partial charge is 0.239 e. The van der Waals surface area contributed by atoms with Gasteiger partial charge in [-0.1, -0.05) is 39.2 Å². The first-order valence-electron chi connectivity index (χ1n) is 8.41. The topological polar surface area (TPSA) is 50.4 Å². The van der Waals surface area contributed by atoms with E-state index < -0.39 is 0 Å². The predicted octanol–water partition coefficient (Wildman–Crippen LogP) is 3.97. The van der Waals surface area contributed by atoms with Gasteiger partial charge in [-0.15, -0.1) is 0 Å². The first-order chi connectivity index (χ1) is 10.7. The van der Waals surface area contributed by atoms with Crippen LogP contribution in [0.25, 0.3) is 0 Å². The van der Waals surface area contributed by atoms with Crippen LogP contribution in [-0.4, -0.2) is 25.1 Å². The maximum atomic E-state index is 11.7. The Balaban J connectivity index is 2.32. The lowest BCUT2D eigenvalue weighted by Crippen LogP contribution is -2.36. The summed E-state index contributed by atoms with van der Waals surface area (Å²) in [6, 6.07) is 7.99. The quantitative estimate of drug-likeness (QED) is 0.608. The Morgan fingerprint density at radius 2 is 2.05 bits per heavy atom. The molecule has 0 saturated heterocycles. The normalized spacial score (nSPS) is 11.8. The number of nitrogens with one attached hydrogen (secondary N) is 2. The average Bonchev–Trinajstić information content (AvgIpc) is 2.53. The van der Waals surface area contributed by atoms with Crippen LogP contribution in [0.2, 0.25) is 0 Å². The van der Waals surface area contributed by atoms with E-state index in [1.54, 1.807) is 0 Å². The number of anilines is 1. The molecule has 4 heteroatoms. The summed E-state index contributed by atoms with van der Waals surface area (Å²) in [6.45, 7) is 7.29. The molecule has 0 fully saturated rings. The maximum absolute atomic E-state index is 11.7. The standard InChI is InChI=1S/C18H30N2O2/c1-4-6-7-8-12-22-17-11-9-10-16(13-17)19-14-18(21)20-15(3)5-2/h9-11,13,15,19H,4-8,12,14H2,1-3H3,(H,20,21). The summed E-state index contributed by atoms with van der Waals surface area (Å²) < 4.78 is 5.74. The minimum atomic E-state index is 0.0141. The van der Waals surface area contributed by atoms with Crippen LogP contribution in [0.3, 0.4) is 0 Å². The fourth-order valence-electron chi connectivity index (χ4n) is 2.02. The third-order valence-corrected chi connectivity index (χ3v) is 3.57. The summed E-state index contributed by atoms with van der Waals surface area (Å²) >= 11 is 0. The highest BCUT2D eigenvalue weighted by Crippen LogP contribution is 2.17. The van der Waals surface area contributed by atoms with Gasteiger partial charge in [-0.25, -0.2) is 0 Å². The van der Waals surface area contributed by atoms with E-state index in [1.807, 2.05) is 31.2 Å². The van der Waals surface area contributed by atoms with Gasteiger partial charge in [0.05, 0.1) is 13.2 Å². The van der Waals surface area contributed by atoms with Gasteiger partial charge in [-0.3, -0.25) is 4.79 Å². The second-order valence-electron chi connectivity index (χ2n) is 5.67. The SMILES string of the molecule is CCCCCCOc1cccc(NCC(=O)NC(C)CC)c1. The van der Waals surface area contributed by atoms with Gasteiger partial charge in [0.1, 0.15) is 5.75 Å². The molecule has 0 aliphatic carbocycles. The summed E-state index contributed by atoms with van der Waals surface area (Å²) in [5, 5.41) is 6.07. The molecule has 0 aromatic heterocycles. The van der Waals surface area contributed by atoms with Crippen molar-refractivity contribution in [1.82, 2.24) is 5.32 Å². The van der Waals surface area contributed by atoms with Crippen molar-refractivity contribution in [3.05, 3.63) is 24.3 Å². The molecule has 1 aromatic carbocycles. The Morgan fingerprint density at radius 3 is 2.77 bits per heavy atom. The zero-order chi connectivity index (χ0) is 16.2. The van der Waals surface area contributed by atoms with Crippen LogP contribution in [0.5, 0.6) is 5.75 Å². The first kappa shape index (κ1) is 18.3. The Bertz CT molecular complexity index is 435. The minimum Gasteiger partial charge on any atom is -0.494 e. The van der Waals surface area contributed by atoms with Crippen molar-refractivity contribution in [3.8, 4) is 5.75 Å². The van der Waals surface area contributed by atoms with E-state index in [-0.39, 0.29) is 18.5 Å². The summed E-state index contributed by atoms with van der Waals surface area (Å²) in [5.41, 5.74) is 0.908. The number of carbonyl (C=O) groups excluding carboxylic acids is 1. The monoisotopic (exact) mass is 306 g/mol. The highest BCUT2D eigenvalue weighted by Gasteiger charge is 2.05. The van der Waals surface area contributed by atoms with Crippen molar-refractivity contribution in [2.75, 3.05) is 18.5 Å². The van der Waals surface area contributed by atoms with Crippen LogP contribution in [0.15, 0.2) is 24.3 Å². The van der Waals surface area contributed by atoms with Gasteiger partial charge < -0.3 is 15.4 Å². The van der Waals surface area contributed by atoms with Gasteiger partial charge in [-0.05, 0) is 31.9 Å². The van der Waals surface area contributed by atoms with Crippen molar-refractivity contribution in [2.45, 2.75) is 58.9 Å². The van der Waals surface area contributed by atoms with Gasteiger partial charge in [0.25, 0.3) is 0 Å². The number of hydrogen-bond acceptors (Lipinski definition) is 3. The predicted molar refractivity (Wildman–Crippen MR) is 92.5 cm³/mol. The molecule has 4 nitrogen and oxygen atoms in total. The second-order valence-corrected chi connectivity index (χ2v) is 5.67. The van der Waals surface area contributed by atoms with E-state index in [9.17, 15) is 4.79 Å². The number of hydrogen-bond donors (Lipinski definition) is 2. The zero-order valence-electron chi connectivity index (χ0n) is 14.2. The molecular formula is C18H30N2O2. The highest BCUT2D eigenvalue weighted by molar-refractivity contribution is 5.81. The van der Waals surface area contributed by atoms with Gasteiger partial charge in [0, 0.05) is 17.8 Å². The van der Waals surface area contributed by atoms with Crippen molar-refractivity contribution in [1.29, 1.82) is 0 Å². The molecule has 1 aromatic rings. The molecule has 0 heterocycles. The third-order valence-electron chi connectivity index (χ3n) is 3.57. The van der Waals surface area contributed by atoms with E-state index in [2.05, 4.69) is 24.5 Å². The summed E-state index contributed by atoms with van der Waals surface area (Å²) in [4.78, 5) is 11.7. The van der Waals surface area contributed by atoms with Crippen molar-refractivity contribution >= 4 is 11.6 Å². The van der Waals surface area contributed by atoms with Crippen LogP contribution in [0, 0.1) is 0 Å². The molecule has 1 amide bonds. The van der Waals surface area contributed by atoms with Gasteiger partial charge >= 0.3 is 0 Å². The maximum Gasteiger partial charge on any atom is 0.239 e. The van der Waals surface area contributed by atoms with Crippen molar-refractivity contribution in [2.24, 2.45) is 0 Å². The molecule has 0 aliphatic rings. The Labute approximate surface area is 134 Å². The van der Waals surface area contributed by atoms with Gasteiger partial charge in [-0.2, -0.15) is 0 Å². The van der Waals surface area contributed by atoms with E-state index in [1.165, 1.54) is 19.3 Å². The fraction of sp³-hybridized carbons (Fsp3) is 0.611. The molecule has 0 spiro atoms. The lowest BCUT2D eigenvalue weighted by Gasteiger charge is -2.13. The average molecular weight is 306 g/mol. The van der Waals surface area contributed by atoms with Gasteiger partial charge in [0.2, 0.25) is 5.91 Å². The number of unbranched alkanes of at least 4 members (excludes halogenated alkanes) is 3. The Morgan fingerprint density at radius 1 is 1.23 bits per heavy atom. The van der Waals surface area contributed by atoms with Crippen LogP contribution >= 0.6 is 0 Å². The molecule has 1 unspecified atom stereocenters. The Kier molecular flexibility index (Phi) is 9.12. The molecule has 22 heavy (non-hydrogen) atoms. The summed E-state index contributed by atoms with van der Waals surface area (Å²) in [7, 11) is 0. The fourth-order valence-corrected chi connectivity index (χ4v) is 2.02. The van der Waals surface area contributed by atoms with Crippen molar-refractivity contribution < 1.29 is 9.53 Å².